The summed E-state index contributed by atoms with van der Waals surface area (Å²) >= 11 is 2.02. The van der Waals surface area contributed by atoms with Gasteiger partial charge in [0.05, 0.1) is 12.5 Å². The first kappa shape index (κ1) is 9.16. The molecule has 0 amide bonds. The quantitative estimate of drug-likeness (QED) is 0.806. The summed E-state index contributed by atoms with van der Waals surface area (Å²) in [5.74, 6) is 1.28. The summed E-state index contributed by atoms with van der Waals surface area (Å²) in [4.78, 5) is 0. The van der Waals surface area contributed by atoms with Crippen LogP contribution in [0.4, 0.5) is 0 Å². The van der Waals surface area contributed by atoms with Gasteiger partial charge in [-0.2, -0.15) is 11.8 Å². The Morgan fingerprint density at radius 2 is 2.62 bits per heavy atom. The van der Waals surface area contributed by atoms with Crippen LogP contribution >= 0.6 is 11.8 Å². The molecule has 72 valence electrons. The third-order valence-electron chi connectivity index (χ3n) is 2.49. The summed E-state index contributed by atoms with van der Waals surface area (Å²) in [6.07, 6.45) is 7.07. The zero-order valence-electron chi connectivity index (χ0n) is 7.61. The van der Waals surface area contributed by atoms with E-state index in [9.17, 15) is 0 Å². The van der Waals surface area contributed by atoms with Crippen LogP contribution in [0.3, 0.4) is 0 Å². The predicted molar refractivity (Wildman–Crippen MR) is 55.9 cm³/mol. The largest absolute Gasteiger partial charge is 0.472 e. The molecule has 0 aliphatic carbocycles. The van der Waals surface area contributed by atoms with E-state index in [2.05, 4.69) is 0 Å². The molecule has 1 saturated heterocycles. The van der Waals surface area contributed by atoms with Crippen LogP contribution in [-0.4, -0.2) is 17.0 Å². The average Bonchev–Trinajstić information content (AvgIpc) is 2.74. The monoisotopic (exact) mass is 197 g/mol. The van der Waals surface area contributed by atoms with Crippen molar-refractivity contribution in [2.45, 2.75) is 30.6 Å². The maximum Gasteiger partial charge on any atom is 0.0935 e. The van der Waals surface area contributed by atoms with Gasteiger partial charge in [0.15, 0.2) is 0 Å². The number of nitrogens with two attached hydrogens (primary N) is 1. The predicted octanol–water partition coefficient (Wildman–Crippen LogP) is 2.04. The molecule has 1 fully saturated rings. The molecule has 3 heteroatoms. The summed E-state index contributed by atoms with van der Waals surface area (Å²) in [5, 5.41) is 0.662. The van der Waals surface area contributed by atoms with Gasteiger partial charge in [-0.25, -0.2) is 0 Å². The third kappa shape index (κ3) is 2.29. The Bertz CT molecular complexity index is 241. The van der Waals surface area contributed by atoms with Gasteiger partial charge in [-0.05, 0) is 36.6 Å². The summed E-state index contributed by atoms with van der Waals surface area (Å²) in [6.45, 7) is 0. The molecule has 2 N–H and O–H groups in total. The standard InChI is InChI=1S/C10H15NOS/c11-9(10-2-1-5-13-10)6-8-3-4-12-7-8/h3-4,7,9-10H,1-2,5-6,11H2. The smallest absolute Gasteiger partial charge is 0.0935 e. The molecule has 2 unspecified atom stereocenters. The fourth-order valence-electron chi connectivity index (χ4n) is 1.75. The fraction of sp³-hybridized carbons (Fsp3) is 0.600. The second kappa shape index (κ2) is 4.20. The molecule has 0 aromatic carbocycles. The van der Waals surface area contributed by atoms with Crippen molar-refractivity contribution in [1.82, 2.24) is 0 Å². The van der Waals surface area contributed by atoms with E-state index in [4.69, 9.17) is 10.2 Å². The molecule has 2 heterocycles. The molecule has 0 bridgehead atoms. The summed E-state index contributed by atoms with van der Waals surface area (Å²) < 4.78 is 5.02. The zero-order chi connectivity index (χ0) is 9.10. The Balaban J connectivity index is 1.87. The van der Waals surface area contributed by atoms with Crippen LogP contribution in [-0.2, 0) is 6.42 Å². The van der Waals surface area contributed by atoms with Crippen LogP contribution in [0.5, 0.6) is 0 Å². The molecule has 0 spiro atoms. The molecule has 1 aliphatic rings. The van der Waals surface area contributed by atoms with Crippen molar-refractivity contribution in [3.63, 3.8) is 0 Å². The minimum Gasteiger partial charge on any atom is -0.472 e. The van der Waals surface area contributed by atoms with Crippen LogP contribution in [0.1, 0.15) is 18.4 Å². The van der Waals surface area contributed by atoms with Crippen molar-refractivity contribution in [2.24, 2.45) is 5.73 Å². The lowest BCUT2D eigenvalue weighted by Crippen LogP contribution is -2.32. The van der Waals surface area contributed by atoms with E-state index < -0.39 is 0 Å². The van der Waals surface area contributed by atoms with E-state index in [1.807, 2.05) is 17.8 Å². The van der Waals surface area contributed by atoms with Crippen molar-refractivity contribution >= 4 is 11.8 Å². The lowest BCUT2D eigenvalue weighted by molar-refractivity contribution is 0.556. The Kier molecular flexibility index (Phi) is 2.96. The minimum atomic E-state index is 0.296. The number of hydrogen-bond acceptors (Lipinski definition) is 3. The highest BCUT2D eigenvalue weighted by atomic mass is 32.2. The zero-order valence-corrected chi connectivity index (χ0v) is 8.43. The van der Waals surface area contributed by atoms with Gasteiger partial charge in [-0.3, -0.25) is 0 Å². The van der Waals surface area contributed by atoms with Crippen LogP contribution in [0.25, 0.3) is 0 Å². The second-order valence-corrected chi connectivity index (χ2v) is 4.90. The van der Waals surface area contributed by atoms with Crippen LogP contribution < -0.4 is 5.73 Å². The van der Waals surface area contributed by atoms with Gasteiger partial charge in [0, 0.05) is 11.3 Å². The first-order valence-electron chi connectivity index (χ1n) is 4.74. The van der Waals surface area contributed by atoms with Gasteiger partial charge in [0.2, 0.25) is 0 Å². The summed E-state index contributed by atoms with van der Waals surface area (Å²) in [6, 6.07) is 2.30. The summed E-state index contributed by atoms with van der Waals surface area (Å²) in [7, 11) is 0. The Labute approximate surface area is 82.9 Å². The SMILES string of the molecule is NC(Cc1ccoc1)C1CCCS1. The minimum absolute atomic E-state index is 0.296. The maximum atomic E-state index is 6.11. The number of furan rings is 1. The van der Waals surface area contributed by atoms with Gasteiger partial charge in [0.1, 0.15) is 0 Å². The van der Waals surface area contributed by atoms with E-state index in [1.54, 1.807) is 12.5 Å². The Morgan fingerprint density at radius 3 is 3.23 bits per heavy atom. The van der Waals surface area contributed by atoms with E-state index in [0.29, 0.717) is 11.3 Å². The molecule has 2 nitrogen and oxygen atoms in total. The number of thioether (sulfide) groups is 1. The van der Waals surface area contributed by atoms with Gasteiger partial charge in [0.25, 0.3) is 0 Å². The lowest BCUT2D eigenvalue weighted by Gasteiger charge is -2.16. The Morgan fingerprint density at radius 1 is 1.69 bits per heavy atom. The molecule has 1 aromatic heterocycles. The highest BCUT2D eigenvalue weighted by Crippen LogP contribution is 2.29. The molecule has 1 aromatic rings. The second-order valence-electron chi connectivity index (χ2n) is 3.55. The third-order valence-corrected chi connectivity index (χ3v) is 4.03. The van der Waals surface area contributed by atoms with E-state index in [-0.39, 0.29) is 0 Å². The molecule has 0 radical (unpaired) electrons. The van der Waals surface area contributed by atoms with Crippen molar-refractivity contribution in [3.8, 4) is 0 Å². The highest BCUT2D eigenvalue weighted by molar-refractivity contribution is 8.00. The molecular formula is C10H15NOS. The number of rotatable bonds is 3. The normalized spacial score (nSPS) is 24.8. The van der Waals surface area contributed by atoms with Gasteiger partial charge >= 0.3 is 0 Å². The molecular weight excluding hydrogens is 182 g/mol. The fourth-order valence-corrected chi connectivity index (χ4v) is 3.07. The number of hydrogen-bond donors (Lipinski definition) is 1. The van der Waals surface area contributed by atoms with Gasteiger partial charge in [-0.1, -0.05) is 0 Å². The van der Waals surface area contributed by atoms with Crippen molar-refractivity contribution in [2.75, 3.05) is 5.75 Å². The van der Waals surface area contributed by atoms with Gasteiger partial charge < -0.3 is 10.2 Å². The first-order valence-corrected chi connectivity index (χ1v) is 5.79. The van der Waals surface area contributed by atoms with Crippen LogP contribution in [0.15, 0.2) is 23.0 Å². The molecule has 2 rings (SSSR count). The van der Waals surface area contributed by atoms with E-state index in [0.717, 1.165) is 6.42 Å². The van der Waals surface area contributed by atoms with Crippen molar-refractivity contribution < 1.29 is 4.42 Å². The first-order chi connectivity index (χ1) is 6.36. The van der Waals surface area contributed by atoms with Crippen molar-refractivity contribution in [1.29, 1.82) is 0 Å². The summed E-state index contributed by atoms with van der Waals surface area (Å²) in [5.41, 5.74) is 7.33. The highest BCUT2D eigenvalue weighted by Gasteiger charge is 2.22. The van der Waals surface area contributed by atoms with E-state index >= 15 is 0 Å². The molecule has 13 heavy (non-hydrogen) atoms. The van der Waals surface area contributed by atoms with E-state index in [1.165, 1.54) is 24.2 Å². The van der Waals surface area contributed by atoms with Crippen molar-refractivity contribution in [3.05, 3.63) is 24.2 Å². The maximum absolute atomic E-state index is 6.11. The topological polar surface area (TPSA) is 39.2 Å². The van der Waals surface area contributed by atoms with Gasteiger partial charge in [-0.15, -0.1) is 0 Å². The molecule has 1 aliphatic heterocycles. The molecule has 2 atom stereocenters. The van der Waals surface area contributed by atoms with Crippen LogP contribution in [0.2, 0.25) is 0 Å². The van der Waals surface area contributed by atoms with Crippen LogP contribution in [0, 0.1) is 0 Å². The molecule has 0 saturated carbocycles. The Hall–Kier alpha value is -0.410. The lowest BCUT2D eigenvalue weighted by atomic mass is 10.0. The average molecular weight is 197 g/mol.